The summed E-state index contributed by atoms with van der Waals surface area (Å²) < 4.78 is 13.0. The predicted molar refractivity (Wildman–Crippen MR) is 45.5 cm³/mol. The number of anilines is 1. The van der Waals surface area contributed by atoms with Crippen LogP contribution in [0.5, 0.6) is 0 Å². The topological polar surface area (TPSA) is 66.9 Å². The van der Waals surface area contributed by atoms with E-state index in [9.17, 15) is 9.18 Å². The maximum absolute atomic E-state index is 13.0. The molecule has 0 aliphatic heterocycles. The molecule has 0 amide bonds. The zero-order valence-corrected chi connectivity index (χ0v) is 6.97. The van der Waals surface area contributed by atoms with E-state index < -0.39 is 11.6 Å². The zero-order chi connectivity index (χ0) is 10.0. The second-order valence-corrected chi connectivity index (χ2v) is 2.55. The minimum absolute atomic E-state index is 0.0394. The summed E-state index contributed by atoms with van der Waals surface area (Å²) in [6, 6.07) is 3.95. The zero-order valence-electron chi connectivity index (χ0n) is 6.97. The number of hydrogen-bond acceptors (Lipinski definition) is 3. The van der Waals surface area contributed by atoms with Gasteiger partial charge in [0.15, 0.2) is 5.78 Å². The Balaban J connectivity index is 3.55. The third kappa shape index (κ3) is 1.49. The molecule has 0 fully saturated rings. The minimum atomic E-state index is -0.720. The lowest BCUT2D eigenvalue weighted by Crippen LogP contribution is -2.04. The Morgan fingerprint density at radius 2 is 2.23 bits per heavy atom. The number of halogens is 1. The third-order valence-corrected chi connectivity index (χ3v) is 1.65. The quantitative estimate of drug-likeness (QED) is 0.523. The van der Waals surface area contributed by atoms with Crippen LogP contribution in [0.1, 0.15) is 22.8 Å². The van der Waals surface area contributed by atoms with Crippen molar-refractivity contribution in [1.29, 1.82) is 5.26 Å². The standard InChI is InChI=1S/C9H7FN2O/c1-5(13)9-6(4-11)7(10)2-3-8(9)12/h2-3H,12H2,1H3. The Kier molecular flexibility index (Phi) is 2.29. The summed E-state index contributed by atoms with van der Waals surface area (Å²) in [6.07, 6.45) is 0. The summed E-state index contributed by atoms with van der Waals surface area (Å²) in [5.74, 6) is -1.13. The molecule has 0 saturated heterocycles. The second kappa shape index (κ2) is 3.23. The molecule has 4 heteroatoms. The van der Waals surface area contributed by atoms with Gasteiger partial charge in [-0.1, -0.05) is 0 Å². The van der Waals surface area contributed by atoms with Gasteiger partial charge in [-0.3, -0.25) is 4.79 Å². The van der Waals surface area contributed by atoms with Crippen LogP contribution in [0, 0.1) is 17.1 Å². The first-order valence-electron chi connectivity index (χ1n) is 3.57. The van der Waals surface area contributed by atoms with Crippen molar-refractivity contribution in [1.82, 2.24) is 0 Å². The van der Waals surface area contributed by atoms with E-state index in [1.807, 2.05) is 0 Å². The highest BCUT2D eigenvalue weighted by molar-refractivity contribution is 6.01. The maximum atomic E-state index is 13.0. The van der Waals surface area contributed by atoms with Crippen molar-refractivity contribution in [2.24, 2.45) is 0 Å². The normalized spacial score (nSPS) is 9.31. The molecular formula is C9H7FN2O. The van der Waals surface area contributed by atoms with Crippen molar-refractivity contribution in [2.45, 2.75) is 6.92 Å². The Labute approximate surface area is 74.6 Å². The Bertz CT molecular complexity index is 407. The Morgan fingerprint density at radius 1 is 1.62 bits per heavy atom. The number of ketones is 1. The number of rotatable bonds is 1. The Morgan fingerprint density at radius 3 is 2.62 bits per heavy atom. The number of nitriles is 1. The van der Waals surface area contributed by atoms with Crippen LogP contribution in [0.3, 0.4) is 0 Å². The highest BCUT2D eigenvalue weighted by Crippen LogP contribution is 2.19. The van der Waals surface area contributed by atoms with Crippen molar-refractivity contribution >= 4 is 11.5 Å². The first-order valence-corrected chi connectivity index (χ1v) is 3.57. The number of hydrogen-bond donors (Lipinski definition) is 1. The molecule has 0 unspecified atom stereocenters. The van der Waals surface area contributed by atoms with Crippen LogP contribution in [-0.4, -0.2) is 5.78 Å². The molecule has 3 nitrogen and oxygen atoms in total. The van der Waals surface area contributed by atoms with Crippen molar-refractivity contribution in [3.05, 3.63) is 29.1 Å². The molecular weight excluding hydrogens is 171 g/mol. The van der Waals surface area contributed by atoms with Crippen molar-refractivity contribution in [3.8, 4) is 6.07 Å². The summed E-state index contributed by atoms with van der Waals surface area (Å²) >= 11 is 0. The van der Waals surface area contributed by atoms with Gasteiger partial charge in [0, 0.05) is 5.69 Å². The maximum Gasteiger partial charge on any atom is 0.163 e. The van der Waals surface area contributed by atoms with Crippen LogP contribution in [0.15, 0.2) is 12.1 Å². The number of Topliss-reactive ketones (excluding diaryl/α,β-unsaturated/α-hetero) is 1. The monoisotopic (exact) mass is 178 g/mol. The van der Waals surface area contributed by atoms with Crippen LogP contribution in [0.2, 0.25) is 0 Å². The van der Waals surface area contributed by atoms with Crippen LogP contribution in [-0.2, 0) is 0 Å². The fourth-order valence-electron chi connectivity index (χ4n) is 1.08. The number of nitrogens with two attached hydrogens (primary N) is 1. The molecule has 0 spiro atoms. The van der Waals surface area contributed by atoms with Crippen LogP contribution in [0.4, 0.5) is 10.1 Å². The van der Waals surface area contributed by atoms with Gasteiger partial charge in [0.25, 0.3) is 0 Å². The highest BCUT2D eigenvalue weighted by atomic mass is 19.1. The summed E-state index contributed by atoms with van der Waals surface area (Å²) in [6.45, 7) is 1.24. The largest absolute Gasteiger partial charge is 0.398 e. The molecule has 0 aliphatic carbocycles. The molecule has 0 radical (unpaired) electrons. The molecule has 0 aromatic heterocycles. The summed E-state index contributed by atoms with van der Waals surface area (Å²) in [5.41, 5.74) is 5.23. The van der Waals surface area contributed by atoms with E-state index in [4.69, 9.17) is 11.0 Å². The van der Waals surface area contributed by atoms with Crippen LogP contribution >= 0.6 is 0 Å². The van der Waals surface area contributed by atoms with Gasteiger partial charge in [0.1, 0.15) is 17.4 Å². The number of nitrogens with zero attached hydrogens (tertiary/aromatic N) is 1. The molecule has 0 aliphatic rings. The average Bonchev–Trinajstić information content (AvgIpc) is 2.07. The second-order valence-electron chi connectivity index (χ2n) is 2.55. The smallest absolute Gasteiger partial charge is 0.163 e. The van der Waals surface area contributed by atoms with E-state index in [-0.39, 0.29) is 16.8 Å². The fourth-order valence-corrected chi connectivity index (χ4v) is 1.08. The lowest BCUT2D eigenvalue weighted by atomic mass is 10.0. The Hall–Kier alpha value is -1.89. The SMILES string of the molecule is CC(=O)c1c(N)ccc(F)c1C#N. The summed E-state index contributed by atoms with van der Waals surface area (Å²) in [7, 11) is 0. The lowest BCUT2D eigenvalue weighted by molar-refractivity contribution is 0.101. The molecule has 0 atom stereocenters. The number of carbonyl (C=O) groups excluding carboxylic acids is 1. The lowest BCUT2D eigenvalue weighted by Gasteiger charge is -2.03. The molecule has 1 aromatic carbocycles. The van der Waals surface area contributed by atoms with Gasteiger partial charge >= 0.3 is 0 Å². The highest BCUT2D eigenvalue weighted by Gasteiger charge is 2.14. The van der Waals surface area contributed by atoms with E-state index in [1.165, 1.54) is 13.0 Å². The van der Waals surface area contributed by atoms with Crippen molar-refractivity contribution in [3.63, 3.8) is 0 Å². The van der Waals surface area contributed by atoms with Crippen LogP contribution in [0.25, 0.3) is 0 Å². The molecule has 0 bridgehead atoms. The van der Waals surface area contributed by atoms with Crippen molar-refractivity contribution in [2.75, 3.05) is 5.73 Å². The molecule has 0 heterocycles. The third-order valence-electron chi connectivity index (χ3n) is 1.65. The fraction of sp³-hybridized carbons (Fsp3) is 0.111. The molecule has 1 rings (SSSR count). The summed E-state index contributed by atoms with van der Waals surface area (Å²) in [5, 5.41) is 8.57. The van der Waals surface area contributed by atoms with Gasteiger partial charge in [-0.15, -0.1) is 0 Å². The van der Waals surface area contributed by atoms with Gasteiger partial charge in [0.05, 0.1) is 5.56 Å². The molecule has 13 heavy (non-hydrogen) atoms. The van der Waals surface area contributed by atoms with Gasteiger partial charge in [0.2, 0.25) is 0 Å². The molecule has 0 saturated carbocycles. The number of carbonyl (C=O) groups is 1. The molecule has 2 N–H and O–H groups in total. The van der Waals surface area contributed by atoms with Crippen molar-refractivity contribution < 1.29 is 9.18 Å². The number of nitrogen functional groups attached to an aromatic ring is 1. The van der Waals surface area contributed by atoms with E-state index in [0.29, 0.717) is 0 Å². The van der Waals surface area contributed by atoms with Crippen LogP contribution < -0.4 is 5.73 Å². The van der Waals surface area contributed by atoms with E-state index in [1.54, 1.807) is 6.07 Å². The van der Waals surface area contributed by atoms with E-state index >= 15 is 0 Å². The van der Waals surface area contributed by atoms with Gasteiger partial charge in [-0.2, -0.15) is 5.26 Å². The predicted octanol–water partition coefficient (Wildman–Crippen LogP) is 1.48. The molecule has 66 valence electrons. The summed E-state index contributed by atoms with van der Waals surface area (Å²) in [4.78, 5) is 11.0. The van der Waals surface area contributed by atoms with E-state index in [0.717, 1.165) is 6.07 Å². The van der Waals surface area contributed by atoms with E-state index in [2.05, 4.69) is 0 Å². The average molecular weight is 178 g/mol. The first-order chi connectivity index (χ1) is 6.07. The number of benzene rings is 1. The van der Waals surface area contributed by atoms with Gasteiger partial charge < -0.3 is 5.73 Å². The minimum Gasteiger partial charge on any atom is -0.398 e. The molecule has 1 aromatic rings. The van der Waals surface area contributed by atoms with Gasteiger partial charge in [-0.05, 0) is 19.1 Å². The first kappa shape index (κ1) is 9.20. The van der Waals surface area contributed by atoms with Gasteiger partial charge in [-0.25, -0.2) is 4.39 Å².